The number of anilines is 1. The van der Waals surface area contributed by atoms with Gasteiger partial charge >= 0.3 is 6.18 Å². The van der Waals surface area contributed by atoms with Gasteiger partial charge in [0.1, 0.15) is 11.6 Å². The lowest BCUT2D eigenvalue weighted by molar-refractivity contribution is -0.137. The number of hydrogen-bond donors (Lipinski definition) is 1. The molecule has 1 saturated heterocycles. The highest BCUT2D eigenvalue weighted by atomic mass is 19.4. The van der Waals surface area contributed by atoms with E-state index in [2.05, 4.69) is 20.3 Å². The van der Waals surface area contributed by atoms with Crippen molar-refractivity contribution in [1.82, 2.24) is 19.9 Å². The van der Waals surface area contributed by atoms with Crippen LogP contribution >= 0.6 is 0 Å². The van der Waals surface area contributed by atoms with Crippen LogP contribution in [0.1, 0.15) is 28.8 Å². The number of carbonyl (C=O) groups excluding carboxylic acids is 1. The number of halogens is 4. The first-order valence-corrected chi connectivity index (χ1v) is 9.98. The van der Waals surface area contributed by atoms with Crippen molar-refractivity contribution in [2.45, 2.75) is 25.1 Å². The summed E-state index contributed by atoms with van der Waals surface area (Å²) in [5.74, 6) is -0.630. The van der Waals surface area contributed by atoms with Crippen LogP contribution in [0.3, 0.4) is 0 Å². The van der Waals surface area contributed by atoms with Gasteiger partial charge in [0.25, 0.3) is 5.91 Å². The van der Waals surface area contributed by atoms with Gasteiger partial charge in [-0.2, -0.15) is 13.2 Å². The number of hydrogen-bond acceptors (Lipinski definition) is 5. The summed E-state index contributed by atoms with van der Waals surface area (Å²) < 4.78 is 52.9. The fourth-order valence-electron chi connectivity index (χ4n) is 3.66. The Morgan fingerprint density at radius 2 is 1.84 bits per heavy atom. The first-order valence-electron chi connectivity index (χ1n) is 9.98. The molecule has 1 atom stereocenters. The van der Waals surface area contributed by atoms with Crippen LogP contribution in [-0.4, -0.2) is 44.9 Å². The molecular weight excluding hydrogens is 426 g/mol. The summed E-state index contributed by atoms with van der Waals surface area (Å²) >= 11 is 0. The van der Waals surface area contributed by atoms with Crippen LogP contribution in [0.25, 0.3) is 11.4 Å². The van der Waals surface area contributed by atoms with Crippen molar-refractivity contribution in [2.24, 2.45) is 0 Å². The molecular formula is C22H19F4N5O. The van der Waals surface area contributed by atoms with Crippen LogP contribution in [0.2, 0.25) is 0 Å². The Hall–Kier alpha value is -3.56. The second-order valence-electron chi connectivity index (χ2n) is 7.40. The number of pyridine rings is 1. The van der Waals surface area contributed by atoms with Crippen LogP contribution in [0.15, 0.2) is 55.0 Å². The summed E-state index contributed by atoms with van der Waals surface area (Å²) in [6.07, 6.45) is 0.673. The highest BCUT2D eigenvalue weighted by molar-refractivity contribution is 6.00. The molecule has 0 saturated carbocycles. The first-order chi connectivity index (χ1) is 15.3. The lowest BCUT2D eigenvalue weighted by atomic mass is 10.0. The third kappa shape index (κ3) is 4.68. The SMILES string of the molecule is O=C(c1c(F)cccc1-c1ncccn1)N1CCC[C@@H](Nc2ccc(C(F)(F)F)cn2)C1. The molecule has 1 aromatic carbocycles. The molecule has 32 heavy (non-hydrogen) atoms. The van der Waals surface area contributed by atoms with E-state index < -0.39 is 23.5 Å². The molecule has 0 radical (unpaired) electrons. The summed E-state index contributed by atoms with van der Waals surface area (Å²) in [4.78, 5) is 26.8. The van der Waals surface area contributed by atoms with E-state index in [0.717, 1.165) is 12.3 Å². The van der Waals surface area contributed by atoms with E-state index in [1.165, 1.54) is 35.5 Å². The molecule has 3 aromatic rings. The van der Waals surface area contributed by atoms with Gasteiger partial charge in [-0.15, -0.1) is 0 Å². The number of piperidine rings is 1. The summed E-state index contributed by atoms with van der Waals surface area (Å²) in [7, 11) is 0. The number of nitrogens with zero attached hydrogens (tertiary/aromatic N) is 4. The zero-order chi connectivity index (χ0) is 22.7. The maximum absolute atomic E-state index is 14.7. The summed E-state index contributed by atoms with van der Waals surface area (Å²) in [5, 5.41) is 3.07. The predicted octanol–water partition coefficient (Wildman–Crippen LogP) is 4.41. The molecule has 1 amide bonds. The fourth-order valence-corrected chi connectivity index (χ4v) is 3.66. The number of rotatable bonds is 4. The van der Waals surface area contributed by atoms with E-state index in [1.807, 2.05) is 0 Å². The molecule has 1 aliphatic heterocycles. The minimum Gasteiger partial charge on any atom is -0.366 e. The number of nitrogens with one attached hydrogen (secondary N) is 1. The minimum absolute atomic E-state index is 0.105. The zero-order valence-electron chi connectivity index (χ0n) is 16.8. The molecule has 0 unspecified atom stereocenters. The number of carbonyl (C=O) groups is 1. The van der Waals surface area contributed by atoms with E-state index >= 15 is 0 Å². The van der Waals surface area contributed by atoms with Gasteiger partial charge in [0.2, 0.25) is 0 Å². The van der Waals surface area contributed by atoms with Gasteiger partial charge in [-0.3, -0.25) is 4.79 Å². The molecule has 0 bridgehead atoms. The molecule has 10 heteroatoms. The monoisotopic (exact) mass is 445 g/mol. The molecule has 1 aliphatic rings. The lowest BCUT2D eigenvalue weighted by Gasteiger charge is -2.34. The van der Waals surface area contributed by atoms with Crippen molar-refractivity contribution in [3.05, 3.63) is 71.9 Å². The summed E-state index contributed by atoms with van der Waals surface area (Å²) in [6, 6.07) is 7.90. The Bertz CT molecular complexity index is 1090. The molecule has 1 fully saturated rings. The van der Waals surface area contributed by atoms with E-state index in [1.54, 1.807) is 12.1 Å². The molecule has 6 nitrogen and oxygen atoms in total. The molecule has 4 rings (SSSR count). The largest absolute Gasteiger partial charge is 0.417 e. The number of alkyl halides is 3. The van der Waals surface area contributed by atoms with Crippen molar-refractivity contribution in [3.63, 3.8) is 0 Å². The van der Waals surface area contributed by atoms with E-state index in [0.29, 0.717) is 24.9 Å². The number of aromatic nitrogens is 3. The topological polar surface area (TPSA) is 71.0 Å². The second-order valence-corrected chi connectivity index (χ2v) is 7.40. The van der Waals surface area contributed by atoms with Crippen molar-refractivity contribution in [2.75, 3.05) is 18.4 Å². The normalized spacial score (nSPS) is 16.6. The summed E-state index contributed by atoms with van der Waals surface area (Å²) in [5.41, 5.74) is -0.638. The highest BCUT2D eigenvalue weighted by Gasteiger charge is 2.31. The van der Waals surface area contributed by atoms with Crippen LogP contribution in [0, 0.1) is 5.82 Å². The maximum atomic E-state index is 14.7. The van der Waals surface area contributed by atoms with Gasteiger partial charge in [-0.25, -0.2) is 19.3 Å². The Morgan fingerprint density at radius 1 is 1.06 bits per heavy atom. The number of amides is 1. The predicted molar refractivity (Wildman–Crippen MR) is 109 cm³/mol. The standard InChI is InChI=1S/C22H19F4N5O/c23-17-6-1-5-16(20-27-9-3-10-28-20)19(17)21(32)31-11-2-4-15(13-31)30-18-8-7-14(12-29-18)22(24,25)26/h1,3,5-10,12,15H,2,4,11,13H2,(H,29,30)/t15-/m1/s1. The lowest BCUT2D eigenvalue weighted by Crippen LogP contribution is -2.45. The molecule has 0 spiro atoms. The molecule has 3 heterocycles. The van der Waals surface area contributed by atoms with Crippen LogP contribution in [-0.2, 0) is 6.18 Å². The first kappa shape index (κ1) is 21.7. The minimum atomic E-state index is -4.46. The van der Waals surface area contributed by atoms with E-state index in [-0.39, 0.29) is 29.8 Å². The highest BCUT2D eigenvalue weighted by Crippen LogP contribution is 2.29. The quantitative estimate of drug-likeness (QED) is 0.603. The van der Waals surface area contributed by atoms with Gasteiger partial charge in [-0.05, 0) is 37.1 Å². The van der Waals surface area contributed by atoms with Crippen molar-refractivity contribution >= 4 is 11.7 Å². The van der Waals surface area contributed by atoms with Gasteiger partial charge in [0, 0.05) is 43.3 Å². The van der Waals surface area contributed by atoms with Crippen LogP contribution in [0.5, 0.6) is 0 Å². The average molecular weight is 445 g/mol. The molecule has 1 N–H and O–H groups in total. The van der Waals surface area contributed by atoms with Crippen molar-refractivity contribution in [3.8, 4) is 11.4 Å². The van der Waals surface area contributed by atoms with Gasteiger partial charge in [-0.1, -0.05) is 12.1 Å². The average Bonchev–Trinajstić information content (AvgIpc) is 2.79. The fraction of sp³-hybridized carbons (Fsp3) is 0.273. The maximum Gasteiger partial charge on any atom is 0.417 e. The van der Waals surface area contributed by atoms with E-state index in [4.69, 9.17) is 0 Å². The van der Waals surface area contributed by atoms with Gasteiger partial charge in [0.05, 0.1) is 11.1 Å². The Labute approximate surface area is 181 Å². The molecule has 166 valence electrons. The Kier molecular flexibility index (Phi) is 6.02. The third-order valence-electron chi connectivity index (χ3n) is 5.19. The summed E-state index contributed by atoms with van der Waals surface area (Å²) in [6.45, 7) is 0.686. The third-order valence-corrected chi connectivity index (χ3v) is 5.19. The Balaban J connectivity index is 1.51. The van der Waals surface area contributed by atoms with Crippen LogP contribution in [0.4, 0.5) is 23.4 Å². The molecule has 2 aromatic heterocycles. The van der Waals surface area contributed by atoms with Crippen LogP contribution < -0.4 is 5.32 Å². The smallest absolute Gasteiger partial charge is 0.366 e. The number of benzene rings is 1. The Morgan fingerprint density at radius 3 is 2.53 bits per heavy atom. The van der Waals surface area contributed by atoms with Gasteiger partial charge < -0.3 is 10.2 Å². The van der Waals surface area contributed by atoms with E-state index in [9.17, 15) is 22.4 Å². The second kappa shape index (κ2) is 8.89. The zero-order valence-corrected chi connectivity index (χ0v) is 16.8. The molecule has 0 aliphatic carbocycles. The number of likely N-dealkylation sites (tertiary alicyclic amines) is 1. The van der Waals surface area contributed by atoms with Crippen molar-refractivity contribution < 1.29 is 22.4 Å². The van der Waals surface area contributed by atoms with Gasteiger partial charge in [0.15, 0.2) is 5.82 Å². The van der Waals surface area contributed by atoms with Crippen molar-refractivity contribution in [1.29, 1.82) is 0 Å².